The third kappa shape index (κ3) is 3.49. The van der Waals surface area contributed by atoms with Gasteiger partial charge in [-0.25, -0.2) is 0 Å². The molecular weight excluding hydrogens is 326 g/mol. The van der Waals surface area contributed by atoms with Gasteiger partial charge in [0.2, 0.25) is 0 Å². The average Bonchev–Trinajstić information content (AvgIpc) is 2.62. The number of hydrogen-bond acceptors (Lipinski definition) is 4. The Kier molecular flexibility index (Phi) is 4.73. The highest BCUT2D eigenvalue weighted by atomic mass is 16.5. The van der Waals surface area contributed by atoms with Crippen LogP contribution in [0.3, 0.4) is 0 Å². The van der Waals surface area contributed by atoms with Crippen molar-refractivity contribution in [3.63, 3.8) is 0 Å². The van der Waals surface area contributed by atoms with E-state index in [4.69, 9.17) is 14.2 Å². The third-order valence-corrected chi connectivity index (χ3v) is 5.94. The SMILES string of the molecule is CC1(C)Oc2ccccc2[C@@H]2O[C@](C)(C#CCN3CCOCC3)CC[C@H]21. The number of morpholine rings is 1. The summed E-state index contributed by atoms with van der Waals surface area (Å²) in [5, 5.41) is 0. The lowest BCUT2D eigenvalue weighted by Crippen LogP contribution is -2.50. The molecule has 4 heteroatoms. The first-order valence-electron chi connectivity index (χ1n) is 9.73. The van der Waals surface area contributed by atoms with E-state index < -0.39 is 5.60 Å². The van der Waals surface area contributed by atoms with Crippen molar-refractivity contribution in [3.8, 4) is 17.6 Å². The van der Waals surface area contributed by atoms with Crippen LogP contribution in [0.5, 0.6) is 5.75 Å². The van der Waals surface area contributed by atoms with E-state index in [2.05, 4.69) is 49.6 Å². The van der Waals surface area contributed by atoms with Crippen molar-refractivity contribution in [2.24, 2.45) is 5.92 Å². The summed E-state index contributed by atoms with van der Waals surface area (Å²) in [6, 6.07) is 8.28. The van der Waals surface area contributed by atoms with E-state index in [1.165, 1.54) is 0 Å². The van der Waals surface area contributed by atoms with E-state index in [9.17, 15) is 0 Å². The summed E-state index contributed by atoms with van der Waals surface area (Å²) in [5.41, 5.74) is 0.549. The molecule has 2 saturated heterocycles. The second-order valence-electron chi connectivity index (χ2n) is 8.35. The summed E-state index contributed by atoms with van der Waals surface area (Å²) < 4.78 is 18.3. The van der Waals surface area contributed by atoms with Gasteiger partial charge in [-0.05, 0) is 39.7 Å². The maximum atomic E-state index is 6.63. The normalized spacial score (nSPS) is 33.2. The van der Waals surface area contributed by atoms with Crippen LogP contribution in [0.1, 0.15) is 45.3 Å². The zero-order valence-electron chi connectivity index (χ0n) is 16.1. The van der Waals surface area contributed by atoms with Crippen LogP contribution in [0.15, 0.2) is 24.3 Å². The average molecular weight is 355 g/mol. The Morgan fingerprint density at radius 2 is 1.92 bits per heavy atom. The Hall–Kier alpha value is -1.54. The fourth-order valence-electron chi connectivity index (χ4n) is 4.35. The lowest BCUT2D eigenvalue weighted by Gasteiger charge is -2.50. The quantitative estimate of drug-likeness (QED) is 0.723. The molecule has 0 saturated carbocycles. The van der Waals surface area contributed by atoms with E-state index in [0.29, 0.717) is 5.92 Å². The molecule has 26 heavy (non-hydrogen) atoms. The number of benzene rings is 1. The van der Waals surface area contributed by atoms with Crippen molar-refractivity contribution in [2.45, 2.75) is 50.9 Å². The van der Waals surface area contributed by atoms with Crippen molar-refractivity contribution in [3.05, 3.63) is 29.8 Å². The topological polar surface area (TPSA) is 30.9 Å². The van der Waals surface area contributed by atoms with Crippen LogP contribution in [0, 0.1) is 17.8 Å². The third-order valence-electron chi connectivity index (χ3n) is 5.94. The van der Waals surface area contributed by atoms with Crippen LogP contribution in [0.4, 0.5) is 0 Å². The number of nitrogens with zero attached hydrogens (tertiary/aromatic N) is 1. The molecule has 3 aliphatic heterocycles. The molecule has 3 heterocycles. The predicted octanol–water partition coefficient (Wildman–Crippen LogP) is 3.42. The van der Waals surface area contributed by atoms with Crippen LogP contribution in [-0.4, -0.2) is 49.0 Å². The van der Waals surface area contributed by atoms with Gasteiger partial charge in [0.05, 0.1) is 25.9 Å². The van der Waals surface area contributed by atoms with Crippen molar-refractivity contribution in [2.75, 3.05) is 32.8 Å². The van der Waals surface area contributed by atoms with Crippen LogP contribution < -0.4 is 4.74 Å². The molecule has 2 fully saturated rings. The standard InChI is InChI=1S/C22H29NO3/c1-21(2)18-9-11-22(3,10-6-12-23-13-15-24-16-14-23)26-20(18)17-7-4-5-8-19(17)25-21/h4-5,7-8,18,20H,9,11-16H2,1-3H3/t18-,20+,22-/m1/s1. The van der Waals surface area contributed by atoms with Gasteiger partial charge in [-0.15, -0.1) is 0 Å². The summed E-state index contributed by atoms with van der Waals surface area (Å²) in [4.78, 5) is 2.35. The fraction of sp³-hybridized carbons (Fsp3) is 0.636. The number of hydrogen-bond donors (Lipinski definition) is 0. The maximum absolute atomic E-state index is 6.63. The van der Waals surface area contributed by atoms with Crippen LogP contribution >= 0.6 is 0 Å². The largest absolute Gasteiger partial charge is 0.487 e. The molecule has 0 aliphatic carbocycles. The van der Waals surface area contributed by atoms with E-state index in [-0.39, 0.29) is 11.7 Å². The monoisotopic (exact) mass is 355 g/mol. The molecule has 0 spiro atoms. The molecule has 0 N–H and O–H groups in total. The van der Waals surface area contributed by atoms with Gasteiger partial charge in [-0.2, -0.15) is 0 Å². The van der Waals surface area contributed by atoms with Gasteiger partial charge < -0.3 is 14.2 Å². The molecule has 4 rings (SSSR count). The molecular formula is C22H29NO3. The predicted molar refractivity (Wildman–Crippen MR) is 101 cm³/mol. The van der Waals surface area contributed by atoms with E-state index in [1.807, 2.05) is 12.1 Å². The molecule has 4 nitrogen and oxygen atoms in total. The van der Waals surface area contributed by atoms with Gasteiger partial charge in [0.1, 0.15) is 17.0 Å². The minimum atomic E-state index is -0.395. The second kappa shape index (κ2) is 6.88. The van der Waals surface area contributed by atoms with E-state index in [1.54, 1.807) is 0 Å². The number of rotatable bonds is 1. The van der Waals surface area contributed by atoms with Crippen LogP contribution in [-0.2, 0) is 9.47 Å². The molecule has 0 aromatic heterocycles. The lowest BCUT2D eigenvalue weighted by atomic mass is 9.73. The van der Waals surface area contributed by atoms with E-state index >= 15 is 0 Å². The highest BCUT2D eigenvalue weighted by Gasteiger charge is 2.49. The van der Waals surface area contributed by atoms with Crippen molar-refractivity contribution < 1.29 is 14.2 Å². The molecule has 1 aromatic carbocycles. The van der Waals surface area contributed by atoms with Gasteiger partial charge in [-0.1, -0.05) is 30.0 Å². The highest BCUT2D eigenvalue weighted by molar-refractivity contribution is 5.39. The zero-order chi connectivity index (χ0) is 18.2. The Morgan fingerprint density at radius 3 is 2.73 bits per heavy atom. The van der Waals surface area contributed by atoms with Crippen molar-refractivity contribution in [1.82, 2.24) is 4.90 Å². The van der Waals surface area contributed by atoms with Gasteiger partial charge in [0, 0.05) is 24.6 Å². The summed E-state index contributed by atoms with van der Waals surface area (Å²) >= 11 is 0. The number of ether oxygens (including phenoxy) is 3. The Balaban J connectivity index is 1.52. The number of para-hydroxylation sites is 1. The maximum Gasteiger partial charge on any atom is 0.126 e. The summed E-state index contributed by atoms with van der Waals surface area (Å²) in [5.74, 6) is 8.11. The smallest absolute Gasteiger partial charge is 0.126 e. The molecule has 0 unspecified atom stereocenters. The first-order chi connectivity index (χ1) is 12.5. The van der Waals surface area contributed by atoms with Crippen LogP contribution in [0.2, 0.25) is 0 Å². The highest BCUT2D eigenvalue weighted by Crippen LogP contribution is 2.52. The molecule has 0 bridgehead atoms. The van der Waals surface area contributed by atoms with Gasteiger partial charge in [0.25, 0.3) is 0 Å². The zero-order valence-corrected chi connectivity index (χ0v) is 16.1. The second-order valence-corrected chi connectivity index (χ2v) is 8.35. The van der Waals surface area contributed by atoms with Crippen molar-refractivity contribution in [1.29, 1.82) is 0 Å². The molecule has 0 radical (unpaired) electrons. The summed E-state index contributed by atoms with van der Waals surface area (Å²) in [7, 11) is 0. The minimum absolute atomic E-state index is 0.0476. The summed E-state index contributed by atoms with van der Waals surface area (Å²) in [6.45, 7) is 10.8. The lowest BCUT2D eigenvalue weighted by molar-refractivity contribution is -0.169. The molecule has 3 aliphatic rings. The first-order valence-corrected chi connectivity index (χ1v) is 9.73. The van der Waals surface area contributed by atoms with Gasteiger partial charge >= 0.3 is 0 Å². The first kappa shape index (κ1) is 17.9. The summed E-state index contributed by atoms with van der Waals surface area (Å²) in [6.07, 6.45) is 2.06. The Morgan fingerprint density at radius 1 is 1.15 bits per heavy atom. The molecule has 140 valence electrons. The molecule has 0 amide bonds. The Labute approximate surface area is 156 Å². The van der Waals surface area contributed by atoms with Gasteiger partial charge in [-0.3, -0.25) is 4.90 Å². The number of fused-ring (bicyclic) bond motifs is 3. The molecule has 1 aromatic rings. The Bertz CT molecular complexity index is 714. The van der Waals surface area contributed by atoms with Crippen molar-refractivity contribution >= 4 is 0 Å². The minimum Gasteiger partial charge on any atom is -0.487 e. The van der Waals surface area contributed by atoms with Crippen LogP contribution in [0.25, 0.3) is 0 Å². The van der Waals surface area contributed by atoms with Gasteiger partial charge in [0.15, 0.2) is 0 Å². The molecule has 3 atom stereocenters. The van der Waals surface area contributed by atoms with E-state index in [0.717, 1.165) is 57.0 Å². The fourth-order valence-corrected chi connectivity index (χ4v) is 4.35.